The number of H-pyrrole nitrogens is 1. The Kier molecular flexibility index (Phi) is 9.72. The number of aromatic nitrogens is 9. The second-order valence-corrected chi connectivity index (χ2v) is 20.9. The fraction of sp³-hybridized carbons (Fsp3) is 0.396. The first-order chi connectivity index (χ1) is 33.5. The number of nitrogens with zero attached hydrogens (tertiary/aromatic N) is 9. The molecule has 70 heavy (non-hydrogen) atoms. The third-order valence-corrected chi connectivity index (χ3v) is 16.0. The number of rotatable bonds is 7. The molecule has 8 aromatic rings. The van der Waals surface area contributed by atoms with Gasteiger partial charge in [0.1, 0.15) is 22.9 Å². The van der Waals surface area contributed by atoms with Crippen molar-refractivity contribution in [2.24, 2.45) is 13.0 Å². The van der Waals surface area contributed by atoms with E-state index in [1.807, 2.05) is 17.9 Å². The molecule has 2 fully saturated rings. The van der Waals surface area contributed by atoms with Crippen LogP contribution in [0, 0.1) is 31.4 Å². The first-order valence-electron chi connectivity index (χ1n) is 24.1. The summed E-state index contributed by atoms with van der Waals surface area (Å²) in [6.45, 7) is 12.6. The Balaban J connectivity index is 1.06. The molecule has 1 N–H and O–H groups in total. The van der Waals surface area contributed by atoms with Gasteiger partial charge < -0.3 is 14.2 Å². The van der Waals surface area contributed by atoms with E-state index in [4.69, 9.17) is 14.4 Å². The van der Waals surface area contributed by atoms with E-state index in [1.54, 1.807) is 60.7 Å². The summed E-state index contributed by atoms with van der Waals surface area (Å²) in [5.41, 5.74) is 3.35. The molecule has 5 aromatic heterocycles. The Labute approximate surface area is 400 Å². The summed E-state index contributed by atoms with van der Waals surface area (Å²) in [5.74, 6) is -0.902. The van der Waals surface area contributed by atoms with Crippen LogP contribution in [0.15, 0.2) is 93.4 Å². The molecule has 5 atom stereocenters. The van der Waals surface area contributed by atoms with E-state index >= 15 is 18.4 Å². The number of nitrogens with one attached hydrogen (secondary N) is 1. The van der Waals surface area contributed by atoms with E-state index < -0.39 is 34.3 Å². The number of ether oxygens (including phenoxy) is 1. The number of halogens is 2. The maximum Gasteiger partial charge on any atom is 0.438 e. The number of imidazole rings is 1. The molecule has 7 heterocycles. The molecule has 0 bridgehead atoms. The second-order valence-electron chi connectivity index (χ2n) is 20.9. The normalized spacial score (nSPS) is 24.0. The van der Waals surface area contributed by atoms with E-state index in [-0.39, 0.29) is 40.2 Å². The standard InChI is InChI=1S/C53H54F2N10O5/c1-29-21-36(22-30(2)43(29)54)65-46(62-19-18-61(50(62)68)40-14-13-39-37(44(40)55)27-56-60(39)7)42-32(4)63(28-52(45(42)58-65)16-9-8-10-17-52)47(66)41-24-35-23-33(34-15-20-69-51(5,6)26-34)11-12-38(35)64(41)53(25-31(53)3)48-57-49(67)70-59-48/h8-9,11-14,18-19,21-24,27,31-32,34H,10,15-17,20,25-26,28H2,1-7H3,(H,57,59,67)/t31-,32-,34-,52?,53-/m0/s1. The Morgan fingerprint density at radius 3 is 2.39 bits per heavy atom. The van der Waals surface area contributed by atoms with Crippen molar-refractivity contribution in [3.05, 3.63) is 151 Å². The SMILES string of the molecule is Cc1cc(-n2nc3c(c2-n2ccn(-c4ccc5c(cnn5C)c4F)c2=O)[C@H](C)N(C(=O)c2cc4cc([C@H]5CCOC(C)(C)C5)ccc4n2[C@@]2(c4noc(=O)[nH]4)C[C@@H]2C)CC32CC=CCC2)cc(C)c1F. The molecule has 12 rings (SSSR count). The third-order valence-electron chi connectivity index (χ3n) is 16.0. The van der Waals surface area contributed by atoms with Crippen LogP contribution >= 0.6 is 0 Å². The molecular formula is C53H54F2N10O5. The van der Waals surface area contributed by atoms with Crippen molar-refractivity contribution in [2.45, 2.75) is 109 Å². The average Bonchev–Trinajstić information content (AvgIpc) is 3.98. The summed E-state index contributed by atoms with van der Waals surface area (Å²) in [7, 11) is 1.73. The molecule has 2 aliphatic heterocycles. The highest BCUT2D eigenvalue weighted by atomic mass is 19.1. The van der Waals surface area contributed by atoms with E-state index in [0.717, 1.165) is 41.4 Å². The number of aromatic amines is 1. The van der Waals surface area contributed by atoms with Gasteiger partial charge in [-0.1, -0.05) is 30.3 Å². The zero-order valence-electron chi connectivity index (χ0n) is 40.2. The van der Waals surface area contributed by atoms with Crippen LogP contribution in [0.25, 0.3) is 39.0 Å². The van der Waals surface area contributed by atoms with Crippen LogP contribution in [0.5, 0.6) is 0 Å². The van der Waals surface area contributed by atoms with Crippen molar-refractivity contribution >= 4 is 27.7 Å². The maximum atomic E-state index is 16.4. The molecule has 2 aliphatic carbocycles. The van der Waals surface area contributed by atoms with Gasteiger partial charge in [-0.2, -0.15) is 10.2 Å². The molecule has 15 nitrogen and oxygen atoms in total. The third kappa shape index (κ3) is 6.45. The highest BCUT2D eigenvalue weighted by Gasteiger charge is 2.59. The number of hydrogen-bond acceptors (Lipinski definition) is 8. The van der Waals surface area contributed by atoms with Crippen LogP contribution in [0.4, 0.5) is 8.78 Å². The smallest absolute Gasteiger partial charge is 0.376 e. The van der Waals surface area contributed by atoms with Crippen molar-refractivity contribution in [2.75, 3.05) is 13.2 Å². The number of aryl methyl sites for hydroxylation is 3. The molecule has 4 aliphatic rings. The van der Waals surface area contributed by atoms with Gasteiger partial charge in [0.25, 0.3) is 5.91 Å². The number of carbonyl (C=O) groups is 1. The number of amides is 1. The van der Waals surface area contributed by atoms with E-state index in [9.17, 15) is 4.79 Å². The van der Waals surface area contributed by atoms with Gasteiger partial charge in [-0.15, -0.1) is 0 Å². The minimum Gasteiger partial charge on any atom is -0.376 e. The first kappa shape index (κ1) is 44.1. The van der Waals surface area contributed by atoms with Gasteiger partial charge in [-0.3, -0.25) is 28.1 Å². The fourth-order valence-electron chi connectivity index (χ4n) is 12.2. The Morgan fingerprint density at radius 1 is 0.929 bits per heavy atom. The van der Waals surface area contributed by atoms with Crippen LogP contribution in [0.3, 0.4) is 0 Å². The van der Waals surface area contributed by atoms with Crippen molar-refractivity contribution in [3.63, 3.8) is 0 Å². The number of benzene rings is 3. The molecule has 0 radical (unpaired) electrons. The van der Waals surface area contributed by atoms with Gasteiger partial charge >= 0.3 is 11.4 Å². The van der Waals surface area contributed by atoms with E-state index in [1.165, 1.54) is 21.5 Å². The topological polar surface area (TPSA) is 156 Å². The van der Waals surface area contributed by atoms with Crippen LogP contribution < -0.4 is 11.4 Å². The number of fused-ring (bicyclic) bond motifs is 4. The molecule has 1 spiro atoms. The zero-order valence-corrected chi connectivity index (χ0v) is 40.2. The zero-order chi connectivity index (χ0) is 48.8. The lowest BCUT2D eigenvalue weighted by molar-refractivity contribution is -0.0592. The van der Waals surface area contributed by atoms with Crippen LogP contribution in [-0.4, -0.2) is 73.0 Å². The van der Waals surface area contributed by atoms with E-state index in [0.29, 0.717) is 77.6 Å². The summed E-state index contributed by atoms with van der Waals surface area (Å²) in [6, 6.07) is 14.4. The van der Waals surface area contributed by atoms with Crippen molar-refractivity contribution in [1.29, 1.82) is 0 Å². The summed E-state index contributed by atoms with van der Waals surface area (Å²) >= 11 is 0. The monoisotopic (exact) mass is 948 g/mol. The van der Waals surface area contributed by atoms with Crippen LogP contribution in [0.2, 0.25) is 0 Å². The van der Waals surface area contributed by atoms with Crippen molar-refractivity contribution in [3.8, 4) is 17.2 Å². The number of carbonyl (C=O) groups excluding carboxylic acids is 1. The van der Waals surface area contributed by atoms with Crippen LogP contribution in [0.1, 0.15) is 122 Å². The lowest BCUT2D eigenvalue weighted by Gasteiger charge is -2.46. The van der Waals surface area contributed by atoms with E-state index in [2.05, 4.69) is 70.9 Å². The summed E-state index contributed by atoms with van der Waals surface area (Å²) in [5, 5.41) is 15.0. The summed E-state index contributed by atoms with van der Waals surface area (Å²) in [4.78, 5) is 48.5. The number of allylic oxidation sites excluding steroid dienone is 2. The van der Waals surface area contributed by atoms with Crippen molar-refractivity contribution in [1.82, 2.24) is 48.3 Å². The lowest BCUT2D eigenvalue weighted by Crippen LogP contribution is -2.51. The van der Waals surface area contributed by atoms with Crippen LogP contribution in [-0.2, 0) is 22.7 Å². The lowest BCUT2D eigenvalue weighted by atomic mass is 9.69. The Hall–Kier alpha value is -7.14. The predicted octanol–water partition coefficient (Wildman–Crippen LogP) is 8.88. The quantitative estimate of drug-likeness (QED) is 0.155. The first-order valence-corrected chi connectivity index (χ1v) is 24.1. The van der Waals surface area contributed by atoms with Crippen molar-refractivity contribution < 1.29 is 22.8 Å². The number of hydrogen-bond donors (Lipinski definition) is 1. The molecule has 3 aromatic carbocycles. The molecule has 1 amide bonds. The average molecular weight is 949 g/mol. The van der Waals surface area contributed by atoms with Gasteiger partial charge in [0, 0.05) is 54.5 Å². The largest absolute Gasteiger partial charge is 0.438 e. The second kappa shape index (κ2) is 15.4. The Bertz CT molecular complexity index is 3620. The minimum atomic E-state index is -0.880. The maximum absolute atomic E-state index is 16.4. The molecule has 1 saturated heterocycles. The minimum absolute atomic E-state index is 0.0151. The molecule has 360 valence electrons. The molecular weight excluding hydrogens is 895 g/mol. The van der Waals surface area contributed by atoms with Gasteiger partial charge in [-0.25, -0.2) is 23.1 Å². The molecule has 1 unspecified atom stereocenters. The van der Waals surface area contributed by atoms with Gasteiger partial charge in [0.05, 0.1) is 45.8 Å². The van der Waals surface area contributed by atoms with Gasteiger partial charge in [-0.05, 0) is 144 Å². The summed E-state index contributed by atoms with van der Waals surface area (Å²) in [6.07, 6.45) is 13.1. The Morgan fingerprint density at radius 2 is 1.69 bits per heavy atom. The van der Waals surface area contributed by atoms with Gasteiger partial charge in [0.15, 0.2) is 11.6 Å². The van der Waals surface area contributed by atoms with Gasteiger partial charge in [0.2, 0.25) is 0 Å². The highest BCUT2D eigenvalue weighted by molar-refractivity contribution is 6.00. The predicted molar refractivity (Wildman–Crippen MR) is 258 cm³/mol. The highest BCUT2D eigenvalue weighted by Crippen LogP contribution is 2.57. The molecule has 17 heteroatoms. The molecule has 1 saturated carbocycles. The fourth-order valence-corrected chi connectivity index (χ4v) is 12.2. The summed E-state index contributed by atoms with van der Waals surface area (Å²) < 4.78 is 51.0.